The van der Waals surface area contributed by atoms with Crippen LogP contribution in [0.5, 0.6) is 0 Å². The van der Waals surface area contributed by atoms with E-state index in [9.17, 15) is 10.2 Å². The first-order valence-corrected chi connectivity index (χ1v) is 11.3. The van der Waals surface area contributed by atoms with Crippen LogP contribution in [-0.2, 0) is 0 Å². The maximum absolute atomic E-state index is 10.7. The van der Waals surface area contributed by atoms with Gasteiger partial charge in [-0.15, -0.1) is 0 Å². The number of hydrogen-bond acceptors (Lipinski definition) is 3. The molecule has 0 amide bonds. The van der Waals surface area contributed by atoms with Crippen LogP contribution in [0.15, 0.2) is 11.6 Å². The zero-order valence-electron chi connectivity index (χ0n) is 16.7. The van der Waals surface area contributed by atoms with Crippen LogP contribution in [0.2, 0.25) is 0 Å². The molecule has 2 N–H and O–H groups in total. The second-order valence-electron chi connectivity index (χ2n) is 10.6. The lowest BCUT2D eigenvalue weighted by atomic mass is 9.47. The van der Waals surface area contributed by atoms with E-state index in [-0.39, 0.29) is 5.41 Å². The molecular formula is C23H37NO2. The van der Waals surface area contributed by atoms with Crippen molar-refractivity contribution < 1.29 is 10.2 Å². The number of rotatable bonds is 1. The molecule has 5 aliphatic rings. The molecular weight excluding hydrogens is 322 g/mol. The van der Waals surface area contributed by atoms with Gasteiger partial charge >= 0.3 is 0 Å². The van der Waals surface area contributed by atoms with Crippen molar-refractivity contribution in [2.24, 2.45) is 28.6 Å². The van der Waals surface area contributed by atoms with Crippen LogP contribution in [0, 0.1) is 28.6 Å². The van der Waals surface area contributed by atoms with Gasteiger partial charge in [-0.2, -0.15) is 0 Å². The molecule has 0 aromatic rings. The third-order valence-corrected chi connectivity index (χ3v) is 9.71. The van der Waals surface area contributed by atoms with Crippen molar-refractivity contribution in [3.63, 3.8) is 0 Å². The lowest BCUT2D eigenvalue weighted by molar-refractivity contribution is -0.0929. The monoisotopic (exact) mass is 359 g/mol. The molecule has 0 radical (unpaired) electrons. The summed E-state index contributed by atoms with van der Waals surface area (Å²) in [5.41, 5.74) is 2.01. The molecule has 1 saturated heterocycles. The molecule has 4 aliphatic carbocycles. The SMILES string of the molecule is C[C@]12CC[C@H]3[C@@H](CC=C4CCCC(N5CCCC5)[C@@]43C)[C@@H]1C[C@@H](O)[C@@H]2O. The molecule has 1 aliphatic heterocycles. The van der Waals surface area contributed by atoms with E-state index >= 15 is 0 Å². The third-order valence-electron chi connectivity index (χ3n) is 9.71. The number of likely N-dealkylation sites (tertiary alicyclic amines) is 1. The molecule has 1 unspecified atom stereocenters. The van der Waals surface area contributed by atoms with Gasteiger partial charge in [0.2, 0.25) is 0 Å². The highest BCUT2D eigenvalue weighted by Gasteiger charge is 2.62. The van der Waals surface area contributed by atoms with Gasteiger partial charge in [-0.25, -0.2) is 0 Å². The van der Waals surface area contributed by atoms with Gasteiger partial charge < -0.3 is 10.2 Å². The molecule has 3 saturated carbocycles. The Morgan fingerprint density at radius 3 is 2.58 bits per heavy atom. The minimum Gasteiger partial charge on any atom is -0.390 e. The first-order valence-electron chi connectivity index (χ1n) is 11.3. The van der Waals surface area contributed by atoms with Crippen molar-refractivity contribution >= 4 is 0 Å². The molecule has 0 aromatic heterocycles. The summed E-state index contributed by atoms with van der Waals surface area (Å²) in [6.07, 6.45) is 12.7. The van der Waals surface area contributed by atoms with Gasteiger partial charge in [0.1, 0.15) is 0 Å². The lowest BCUT2D eigenvalue weighted by Gasteiger charge is -2.60. The number of aliphatic hydroxyl groups excluding tert-OH is 2. The molecule has 3 heteroatoms. The molecule has 5 rings (SSSR count). The van der Waals surface area contributed by atoms with Crippen LogP contribution in [0.1, 0.15) is 71.6 Å². The molecule has 8 atom stereocenters. The van der Waals surface area contributed by atoms with Crippen molar-refractivity contribution in [1.82, 2.24) is 4.90 Å². The number of hydrogen-bond donors (Lipinski definition) is 2. The van der Waals surface area contributed by atoms with Crippen LogP contribution >= 0.6 is 0 Å². The Balaban J connectivity index is 1.51. The second-order valence-corrected chi connectivity index (χ2v) is 10.6. The van der Waals surface area contributed by atoms with E-state index in [0.717, 1.165) is 24.8 Å². The van der Waals surface area contributed by atoms with Crippen LogP contribution in [-0.4, -0.2) is 46.5 Å². The van der Waals surface area contributed by atoms with Gasteiger partial charge in [-0.1, -0.05) is 25.5 Å². The summed E-state index contributed by atoms with van der Waals surface area (Å²) in [6, 6.07) is 0.721. The Morgan fingerprint density at radius 2 is 1.81 bits per heavy atom. The topological polar surface area (TPSA) is 43.7 Å². The van der Waals surface area contributed by atoms with Crippen molar-refractivity contribution in [3.8, 4) is 0 Å². The fraction of sp³-hybridized carbons (Fsp3) is 0.913. The first kappa shape index (κ1) is 17.7. The molecule has 1 heterocycles. The van der Waals surface area contributed by atoms with E-state index in [1.54, 1.807) is 5.57 Å². The number of aliphatic hydroxyl groups is 2. The predicted octanol–water partition coefficient (Wildman–Crippen LogP) is 3.75. The van der Waals surface area contributed by atoms with E-state index in [4.69, 9.17) is 0 Å². The molecule has 0 aromatic carbocycles. The summed E-state index contributed by atoms with van der Waals surface area (Å²) in [4.78, 5) is 2.82. The van der Waals surface area contributed by atoms with Crippen molar-refractivity contribution in [2.45, 2.75) is 89.9 Å². The van der Waals surface area contributed by atoms with Gasteiger partial charge in [0, 0.05) is 11.5 Å². The molecule has 146 valence electrons. The highest BCUT2D eigenvalue weighted by molar-refractivity contribution is 5.28. The van der Waals surface area contributed by atoms with Gasteiger partial charge in [-0.05, 0) is 94.0 Å². The van der Waals surface area contributed by atoms with Crippen LogP contribution in [0.4, 0.5) is 0 Å². The van der Waals surface area contributed by atoms with Crippen molar-refractivity contribution in [2.75, 3.05) is 13.1 Å². The Morgan fingerprint density at radius 1 is 1.04 bits per heavy atom. The van der Waals surface area contributed by atoms with E-state index < -0.39 is 12.2 Å². The summed E-state index contributed by atoms with van der Waals surface area (Å²) in [5, 5.41) is 21.1. The average molecular weight is 360 g/mol. The summed E-state index contributed by atoms with van der Waals surface area (Å²) in [7, 11) is 0. The average Bonchev–Trinajstić information content (AvgIpc) is 3.23. The summed E-state index contributed by atoms with van der Waals surface area (Å²) in [5.74, 6) is 1.88. The third kappa shape index (κ3) is 2.23. The standard InChI is InChI=1S/C23H37NO2/c1-22-11-10-17-16(18(22)14-19(25)21(22)26)9-8-15-6-5-7-20(23(15,17)2)24-12-3-4-13-24/h8,16-21,25-26H,3-7,9-14H2,1-2H3/t16-,17+,18+,19-,20?,21+,22+,23+/m1/s1. The largest absolute Gasteiger partial charge is 0.390 e. The minimum absolute atomic E-state index is 0.0694. The number of nitrogens with zero attached hydrogens (tertiary/aromatic N) is 1. The predicted molar refractivity (Wildman–Crippen MR) is 104 cm³/mol. The Kier molecular flexibility index (Phi) is 4.12. The maximum atomic E-state index is 10.7. The molecule has 0 spiro atoms. The van der Waals surface area contributed by atoms with Crippen LogP contribution in [0.3, 0.4) is 0 Å². The van der Waals surface area contributed by atoms with Crippen LogP contribution < -0.4 is 0 Å². The van der Waals surface area contributed by atoms with Gasteiger partial charge in [0.15, 0.2) is 0 Å². The van der Waals surface area contributed by atoms with E-state index in [0.29, 0.717) is 17.3 Å². The molecule has 26 heavy (non-hydrogen) atoms. The van der Waals surface area contributed by atoms with Gasteiger partial charge in [0.25, 0.3) is 0 Å². The minimum atomic E-state index is -0.521. The Hall–Kier alpha value is -0.380. The fourth-order valence-electron chi connectivity index (χ4n) is 8.32. The first-order chi connectivity index (χ1) is 12.5. The highest BCUT2D eigenvalue weighted by atomic mass is 16.3. The van der Waals surface area contributed by atoms with E-state index in [1.165, 1.54) is 58.0 Å². The van der Waals surface area contributed by atoms with Crippen LogP contribution in [0.25, 0.3) is 0 Å². The van der Waals surface area contributed by atoms with Gasteiger partial charge in [-0.3, -0.25) is 4.90 Å². The molecule has 3 nitrogen and oxygen atoms in total. The normalized spacial score (nSPS) is 54.4. The number of fused-ring (bicyclic) bond motifs is 5. The number of allylic oxidation sites excluding steroid dienone is 1. The van der Waals surface area contributed by atoms with E-state index in [2.05, 4.69) is 24.8 Å². The quantitative estimate of drug-likeness (QED) is 0.701. The zero-order chi connectivity index (χ0) is 18.1. The Labute approximate surface area is 158 Å². The fourth-order valence-corrected chi connectivity index (χ4v) is 8.32. The summed E-state index contributed by atoms with van der Waals surface area (Å²) in [6.45, 7) is 7.45. The summed E-state index contributed by atoms with van der Waals surface area (Å²) < 4.78 is 0. The molecule has 4 fully saturated rings. The Bertz CT molecular complexity index is 597. The zero-order valence-corrected chi connectivity index (χ0v) is 16.7. The van der Waals surface area contributed by atoms with Crippen molar-refractivity contribution in [3.05, 3.63) is 11.6 Å². The molecule has 0 bridgehead atoms. The van der Waals surface area contributed by atoms with Gasteiger partial charge in [0.05, 0.1) is 12.2 Å². The highest BCUT2D eigenvalue weighted by Crippen LogP contribution is 2.65. The van der Waals surface area contributed by atoms with Crippen molar-refractivity contribution in [1.29, 1.82) is 0 Å². The maximum Gasteiger partial charge on any atom is 0.0855 e. The summed E-state index contributed by atoms with van der Waals surface area (Å²) >= 11 is 0. The second kappa shape index (κ2) is 6.06. The lowest BCUT2D eigenvalue weighted by Crippen LogP contribution is -2.58. The smallest absolute Gasteiger partial charge is 0.0855 e. The van der Waals surface area contributed by atoms with E-state index in [1.807, 2.05) is 0 Å².